The number of carbonyl (C=O) groups is 1. The first-order valence-corrected chi connectivity index (χ1v) is 5.86. The molecular weight excluding hydrogens is 204 g/mol. The summed E-state index contributed by atoms with van der Waals surface area (Å²) in [7, 11) is 0. The molecule has 1 fully saturated rings. The number of carbonyl (C=O) groups excluding carboxylic acids is 1. The Morgan fingerprint density at radius 3 is 2.94 bits per heavy atom. The minimum absolute atomic E-state index is 0.0980. The Kier molecular flexibility index (Phi) is 4.62. The van der Waals surface area contributed by atoms with Crippen LogP contribution in [0.15, 0.2) is 5.11 Å². The van der Waals surface area contributed by atoms with Gasteiger partial charge in [-0.15, -0.1) is 0 Å². The van der Waals surface area contributed by atoms with Crippen LogP contribution in [0.25, 0.3) is 10.4 Å². The molecule has 1 unspecified atom stereocenters. The average Bonchev–Trinajstić information content (AvgIpc) is 2.23. The molecule has 90 valence electrons. The lowest BCUT2D eigenvalue weighted by Crippen LogP contribution is -2.41. The Hall–Kier alpha value is -1.22. The Labute approximate surface area is 96.2 Å². The maximum Gasteiger partial charge on any atom is 0.223 e. The van der Waals surface area contributed by atoms with Crippen LogP contribution in [0.1, 0.15) is 39.5 Å². The van der Waals surface area contributed by atoms with Gasteiger partial charge in [0.25, 0.3) is 0 Å². The largest absolute Gasteiger partial charge is 0.356 e. The molecule has 1 N–H and O–H groups in total. The van der Waals surface area contributed by atoms with E-state index in [0.717, 1.165) is 19.3 Å². The molecule has 1 aliphatic carbocycles. The van der Waals surface area contributed by atoms with E-state index in [4.69, 9.17) is 5.53 Å². The fourth-order valence-electron chi connectivity index (χ4n) is 2.38. The maximum absolute atomic E-state index is 11.9. The Bertz CT molecular complexity index is 294. The van der Waals surface area contributed by atoms with Gasteiger partial charge in [0.05, 0.1) is 0 Å². The van der Waals surface area contributed by atoms with Crippen LogP contribution in [0.3, 0.4) is 0 Å². The second kappa shape index (κ2) is 5.75. The van der Waals surface area contributed by atoms with Crippen LogP contribution in [-0.2, 0) is 4.79 Å². The summed E-state index contributed by atoms with van der Waals surface area (Å²) in [6, 6.07) is 0. The summed E-state index contributed by atoms with van der Waals surface area (Å²) in [5, 5.41) is 6.23. The van der Waals surface area contributed by atoms with E-state index in [1.807, 2.05) is 0 Å². The van der Waals surface area contributed by atoms with Crippen molar-refractivity contribution in [2.45, 2.75) is 39.5 Å². The summed E-state index contributed by atoms with van der Waals surface area (Å²) in [5.74, 6) is 0.213. The summed E-state index contributed by atoms with van der Waals surface area (Å²) in [6.45, 7) is 5.08. The van der Waals surface area contributed by atoms with E-state index in [1.165, 1.54) is 6.42 Å². The highest BCUT2D eigenvalue weighted by Gasteiger charge is 2.36. The van der Waals surface area contributed by atoms with Crippen molar-refractivity contribution < 1.29 is 4.79 Å². The Balaban J connectivity index is 2.42. The molecule has 1 amide bonds. The van der Waals surface area contributed by atoms with Crippen molar-refractivity contribution in [3.63, 3.8) is 0 Å². The van der Waals surface area contributed by atoms with Crippen LogP contribution in [0, 0.1) is 11.3 Å². The number of rotatable bonds is 4. The topological polar surface area (TPSA) is 77.9 Å². The van der Waals surface area contributed by atoms with Gasteiger partial charge in [-0.05, 0) is 23.8 Å². The van der Waals surface area contributed by atoms with Crippen LogP contribution >= 0.6 is 0 Å². The monoisotopic (exact) mass is 224 g/mol. The molecule has 1 atom stereocenters. The highest BCUT2D eigenvalue weighted by Crippen LogP contribution is 2.40. The van der Waals surface area contributed by atoms with Crippen molar-refractivity contribution in [2.75, 3.05) is 13.1 Å². The lowest BCUT2D eigenvalue weighted by molar-refractivity contribution is -0.130. The molecule has 1 aliphatic rings. The maximum atomic E-state index is 11.9. The predicted octanol–water partition coefficient (Wildman–Crippen LogP) is 2.63. The van der Waals surface area contributed by atoms with E-state index >= 15 is 0 Å². The number of nitrogens with zero attached hydrogens (tertiary/aromatic N) is 3. The number of amides is 1. The fraction of sp³-hybridized carbons (Fsp3) is 0.909. The summed E-state index contributed by atoms with van der Waals surface area (Å²) < 4.78 is 0. The lowest BCUT2D eigenvalue weighted by Gasteiger charge is -2.37. The normalized spacial score (nSPS) is 23.2. The zero-order valence-corrected chi connectivity index (χ0v) is 10.1. The number of nitrogens with one attached hydrogen (secondary N) is 1. The minimum Gasteiger partial charge on any atom is -0.356 e. The minimum atomic E-state index is 0.0980. The summed E-state index contributed by atoms with van der Waals surface area (Å²) in [6.07, 6.45) is 4.44. The van der Waals surface area contributed by atoms with Crippen LogP contribution in [-0.4, -0.2) is 19.0 Å². The molecule has 0 bridgehead atoms. The predicted molar refractivity (Wildman–Crippen MR) is 62.8 cm³/mol. The van der Waals surface area contributed by atoms with Crippen molar-refractivity contribution in [1.29, 1.82) is 0 Å². The van der Waals surface area contributed by atoms with E-state index in [0.29, 0.717) is 13.1 Å². The quantitative estimate of drug-likeness (QED) is 0.339. The first-order chi connectivity index (χ1) is 7.58. The molecule has 0 heterocycles. The van der Waals surface area contributed by atoms with E-state index in [1.54, 1.807) is 0 Å². The number of hydrogen-bond donors (Lipinski definition) is 1. The highest BCUT2D eigenvalue weighted by atomic mass is 16.1. The van der Waals surface area contributed by atoms with E-state index in [-0.39, 0.29) is 17.2 Å². The van der Waals surface area contributed by atoms with Crippen molar-refractivity contribution in [1.82, 2.24) is 5.32 Å². The van der Waals surface area contributed by atoms with E-state index < -0.39 is 0 Å². The van der Waals surface area contributed by atoms with Crippen LogP contribution in [0.2, 0.25) is 0 Å². The van der Waals surface area contributed by atoms with Crippen LogP contribution < -0.4 is 5.32 Å². The van der Waals surface area contributed by atoms with E-state index in [9.17, 15) is 4.79 Å². The van der Waals surface area contributed by atoms with Crippen molar-refractivity contribution >= 4 is 5.91 Å². The van der Waals surface area contributed by atoms with Gasteiger partial charge in [-0.25, -0.2) is 0 Å². The highest BCUT2D eigenvalue weighted by molar-refractivity contribution is 5.79. The van der Waals surface area contributed by atoms with Crippen molar-refractivity contribution in [3.05, 3.63) is 10.4 Å². The molecule has 0 spiro atoms. The molecule has 1 saturated carbocycles. The smallest absolute Gasteiger partial charge is 0.223 e. The second-order valence-electron chi connectivity index (χ2n) is 5.03. The third-order valence-corrected chi connectivity index (χ3v) is 3.40. The molecule has 5 heteroatoms. The van der Waals surface area contributed by atoms with Gasteiger partial charge in [-0.2, -0.15) is 0 Å². The molecular formula is C11H20N4O. The van der Waals surface area contributed by atoms with Crippen molar-refractivity contribution in [2.24, 2.45) is 16.4 Å². The second-order valence-corrected chi connectivity index (χ2v) is 5.03. The molecule has 1 rings (SSSR count). The Morgan fingerprint density at radius 1 is 1.56 bits per heavy atom. The van der Waals surface area contributed by atoms with E-state index in [2.05, 4.69) is 29.2 Å². The SMILES string of the molecule is CC1(C)CCCCC1C(=O)NCCN=[N+]=[N-]. The zero-order chi connectivity index (χ0) is 12.0. The van der Waals surface area contributed by atoms with Crippen LogP contribution in [0.5, 0.6) is 0 Å². The van der Waals surface area contributed by atoms with Gasteiger partial charge >= 0.3 is 0 Å². The van der Waals surface area contributed by atoms with Gasteiger partial charge in [0, 0.05) is 23.9 Å². The van der Waals surface area contributed by atoms with Gasteiger partial charge in [0.2, 0.25) is 5.91 Å². The molecule has 0 radical (unpaired) electrons. The van der Waals surface area contributed by atoms with Crippen molar-refractivity contribution in [3.8, 4) is 0 Å². The van der Waals surface area contributed by atoms with Gasteiger partial charge in [-0.3, -0.25) is 4.79 Å². The third kappa shape index (κ3) is 3.42. The molecule has 0 aromatic heterocycles. The molecule has 16 heavy (non-hydrogen) atoms. The average molecular weight is 224 g/mol. The molecule has 0 saturated heterocycles. The van der Waals surface area contributed by atoms with Gasteiger partial charge in [0.1, 0.15) is 0 Å². The third-order valence-electron chi connectivity index (χ3n) is 3.40. The molecule has 0 aliphatic heterocycles. The lowest BCUT2D eigenvalue weighted by atomic mass is 9.68. The van der Waals surface area contributed by atoms with Gasteiger partial charge in [-0.1, -0.05) is 31.8 Å². The summed E-state index contributed by atoms with van der Waals surface area (Å²) >= 11 is 0. The first kappa shape index (κ1) is 12.8. The number of hydrogen-bond acceptors (Lipinski definition) is 2. The van der Waals surface area contributed by atoms with Crippen LogP contribution in [0.4, 0.5) is 0 Å². The standard InChI is InChI=1S/C11H20N4O/c1-11(2)6-4-3-5-9(11)10(16)13-7-8-14-15-12/h9H,3-8H2,1-2H3,(H,13,16). The van der Waals surface area contributed by atoms with Gasteiger partial charge < -0.3 is 5.32 Å². The molecule has 0 aromatic carbocycles. The van der Waals surface area contributed by atoms with Gasteiger partial charge in [0.15, 0.2) is 0 Å². The molecule has 5 nitrogen and oxygen atoms in total. The Morgan fingerprint density at radius 2 is 2.31 bits per heavy atom. The summed E-state index contributed by atoms with van der Waals surface area (Å²) in [5.41, 5.74) is 8.21. The zero-order valence-electron chi connectivity index (χ0n) is 10.1. The fourth-order valence-corrected chi connectivity index (χ4v) is 2.38. The first-order valence-electron chi connectivity index (χ1n) is 5.86. The summed E-state index contributed by atoms with van der Waals surface area (Å²) in [4.78, 5) is 14.6. The molecule has 0 aromatic rings. The number of azide groups is 1.